The van der Waals surface area contributed by atoms with E-state index in [1.165, 1.54) is 0 Å². The minimum Gasteiger partial charge on any atom is -0.310 e. The maximum atomic E-state index is 8.75. The summed E-state index contributed by atoms with van der Waals surface area (Å²) in [6, 6.07) is 7.58. The molecule has 1 aromatic carbocycles. The van der Waals surface area contributed by atoms with Crippen molar-refractivity contribution < 1.29 is 0 Å². The third kappa shape index (κ3) is 3.72. The minimum absolute atomic E-state index is 0.00132. The number of nitrogens with zero attached hydrogens (tertiary/aromatic N) is 3. The predicted molar refractivity (Wildman–Crippen MR) is 66.8 cm³/mol. The highest BCUT2D eigenvalue weighted by atomic mass is 35.5. The molecule has 0 amide bonds. The summed E-state index contributed by atoms with van der Waals surface area (Å²) >= 11 is 11.6. The number of nitrogens with two attached hydrogens (primary N) is 1. The number of benzene rings is 1. The zero-order valence-corrected chi connectivity index (χ0v) is 10.2. The monoisotopic (exact) mass is 266 g/mol. The molecule has 0 spiro atoms. The topological polar surface area (TPSA) is 86.0 Å². The molecule has 1 aromatic rings. The largest absolute Gasteiger partial charge is 0.310 e. The Morgan fingerprint density at radius 2 is 2.06 bits per heavy atom. The fourth-order valence-corrected chi connectivity index (χ4v) is 1.40. The van der Waals surface area contributed by atoms with Gasteiger partial charge in [-0.15, -0.1) is 0 Å². The van der Waals surface area contributed by atoms with Crippen molar-refractivity contribution in [1.82, 2.24) is 0 Å². The van der Waals surface area contributed by atoms with Crippen molar-refractivity contribution in [3.8, 4) is 12.1 Å². The molecule has 0 saturated carbocycles. The molecule has 0 aliphatic carbocycles. The van der Waals surface area contributed by atoms with E-state index in [1.54, 1.807) is 30.3 Å². The van der Waals surface area contributed by atoms with Crippen molar-refractivity contribution in [1.29, 1.82) is 10.5 Å². The molecule has 0 heterocycles. The van der Waals surface area contributed by atoms with Gasteiger partial charge in [0.2, 0.25) is 0 Å². The van der Waals surface area contributed by atoms with Crippen LogP contribution in [0, 0.1) is 22.7 Å². The van der Waals surface area contributed by atoms with Gasteiger partial charge in [0.15, 0.2) is 0 Å². The van der Waals surface area contributed by atoms with Gasteiger partial charge in [-0.05, 0) is 17.7 Å². The lowest BCUT2D eigenvalue weighted by Crippen LogP contribution is -2.27. The van der Waals surface area contributed by atoms with E-state index in [0.717, 1.165) is 5.56 Å². The SMILES string of the molecule is N#CC(=NCc1ccc(Cl)c(Cl)c1)C(N)C#N. The lowest BCUT2D eigenvalue weighted by molar-refractivity contribution is 1.02. The average Bonchev–Trinajstić information content (AvgIpc) is 2.33. The van der Waals surface area contributed by atoms with E-state index in [2.05, 4.69) is 4.99 Å². The quantitative estimate of drug-likeness (QED) is 0.852. The Bertz CT molecular complexity index is 525. The summed E-state index contributed by atoms with van der Waals surface area (Å²) in [5.41, 5.74) is 6.17. The minimum atomic E-state index is -0.997. The van der Waals surface area contributed by atoms with Crippen LogP contribution in [0.25, 0.3) is 0 Å². The Labute approximate surface area is 109 Å². The normalized spacial score (nSPS) is 12.6. The van der Waals surface area contributed by atoms with Crippen LogP contribution in [0.2, 0.25) is 10.0 Å². The summed E-state index contributed by atoms with van der Waals surface area (Å²) in [5, 5.41) is 18.2. The van der Waals surface area contributed by atoms with Gasteiger partial charge in [-0.1, -0.05) is 29.3 Å². The van der Waals surface area contributed by atoms with Crippen molar-refractivity contribution in [2.45, 2.75) is 12.6 Å². The van der Waals surface area contributed by atoms with E-state index in [0.29, 0.717) is 10.0 Å². The average molecular weight is 267 g/mol. The van der Waals surface area contributed by atoms with E-state index >= 15 is 0 Å². The summed E-state index contributed by atoms with van der Waals surface area (Å²) in [5.74, 6) is 0. The number of halogens is 2. The van der Waals surface area contributed by atoms with Gasteiger partial charge in [0.25, 0.3) is 0 Å². The molecule has 17 heavy (non-hydrogen) atoms. The van der Waals surface area contributed by atoms with Gasteiger partial charge >= 0.3 is 0 Å². The van der Waals surface area contributed by atoms with Gasteiger partial charge in [-0.2, -0.15) is 10.5 Å². The first-order valence-corrected chi connectivity index (χ1v) is 5.37. The molecule has 0 fully saturated rings. The Hall–Kier alpha value is -1.59. The van der Waals surface area contributed by atoms with Gasteiger partial charge in [-0.3, -0.25) is 4.99 Å². The van der Waals surface area contributed by atoms with Gasteiger partial charge in [-0.25, -0.2) is 0 Å². The van der Waals surface area contributed by atoms with E-state index in [1.807, 2.05) is 0 Å². The molecule has 0 saturated heterocycles. The molecular formula is C11H8Cl2N4. The molecule has 0 radical (unpaired) electrons. The molecule has 0 aliphatic rings. The van der Waals surface area contributed by atoms with E-state index in [-0.39, 0.29) is 12.3 Å². The molecule has 1 rings (SSSR count). The second-order valence-corrected chi connectivity index (χ2v) is 3.98. The molecule has 0 bridgehead atoms. The van der Waals surface area contributed by atoms with Crippen LogP contribution in [0.15, 0.2) is 23.2 Å². The molecule has 86 valence electrons. The van der Waals surface area contributed by atoms with Gasteiger partial charge in [0, 0.05) is 0 Å². The van der Waals surface area contributed by atoms with Crippen LogP contribution in [0.1, 0.15) is 5.56 Å². The number of nitriles is 2. The summed E-state index contributed by atoms with van der Waals surface area (Å²) in [6.45, 7) is 0.231. The van der Waals surface area contributed by atoms with Crippen molar-refractivity contribution in [2.75, 3.05) is 0 Å². The first-order valence-electron chi connectivity index (χ1n) is 4.62. The highest BCUT2D eigenvalue weighted by Crippen LogP contribution is 2.22. The van der Waals surface area contributed by atoms with Gasteiger partial charge in [0.05, 0.1) is 22.7 Å². The second kappa shape index (κ2) is 6.22. The lowest BCUT2D eigenvalue weighted by atomic mass is 10.2. The Morgan fingerprint density at radius 3 is 2.59 bits per heavy atom. The Morgan fingerprint density at radius 1 is 1.35 bits per heavy atom. The first kappa shape index (κ1) is 13.5. The molecule has 1 unspecified atom stereocenters. The molecule has 1 atom stereocenters. The predicted octanol–water partition coefficient (Wildman–Crippen LogP) is 2.31. The van der Waals surface area contributed by atoms with Crippen LogP contribution in [0.5, 0.6) is 0 Å². The number of hydrogen-bond donors (Lipinski definition) is 1. The maximum Gasteiger partial charge on any atom is 0.145 e. The summed E-state index contributed by atoms with van der Waals surface area (Å²) in [7, 11) is 0. The number of hydrogen-bond acceptors (Lipinski definition) is 4. The van der Waals surface area contributed by atoms with Crippen molar-refractivity contribution >= 4 is 28.9 Å². The van der Waals surface area contributed by atoms with Gasteiger partial charge < -0.3 is 5.73 Å². The smallest absolute Gasteiger partial charge is 0.145 e. The zero-order valence-electron chi connectivity index (χ0n) is 8.69. The Kier molecular flexibility index (Phi) is 4.93. The summed E-state index contributed by atoms with van der Waals surface area (Å²) in [6.07, 6.45) is 0. The van der Waals surface area contributed by atoms with Crippen LogP contribution in [0.4, 0.5) is 0 Å². The van der Waals surface area contributed by atoms with Crippen LogP contribution in [-0.4, -0.2) is 11.8 Å². The van der Waals surface area contributed by atoms with Crippen LogP contribution in [0.3, 0.4) is 0 Å². The number of aliphatic imine (C=N–C) groups is 1. The third-order valence-electron chi connectivity index (χ3n) is 1.96. The highest BCUT2D eigenvalue weighted by molar-refractivity contribution is 6.42. The molecule has 0 aromatic heterocycles. The standard InChI is InChI=1S/C11H8Cl2N4/c12-8-2-1-7(3-9(8)13)6-17-11(5-15)10(16)4-14/h1-3,10H,6,16H2. The third-order valence-corrected chi connectivity index (χ3v) is 2.70. The molecule has 4 nitrogen and oxygen atoms in total. The first-order chi connectivity index (χ1) is 8.08. The fourth-order valence-electron chi connectivity index (χ4n) is 1.08. The zero-order chi connectivity index (χ0) is 12.8. The van der Waals surface area contributed by atoms with Crippen LogP contribution in [-0.2, 0) is 6.54 Å². The van der Waals surface area contributed by atoms with Crippen molar-refractivity contribution in [3.63, 3.8) is 0 Å². The highest BCUT2D eigenvalue weighted by Gasteiger charge is 2.08. The molecule has 2 N–H and O–H groups in total. The molecule has 6 heteroatoms. The summed E-state index contributed by atoms with van der Waals surface area (Å²) < 4.78 is 0. The lowest BCUT2D eigenvalue weighted by Gasteiger charge is -2.02. The summed E-state index contributed by atoms with van der Waals surface area (Å²) in [4.78, 5) is 3.96. The second-order valence-electron chi connectivity index (χ2n) is 3.17. The van der Waals surface area contributed by atoms with Gasteiger partial charge in [0.1, 0.15) is 17.8 Å². The molecular weight excluding hydrogens is 259 g/mol. The maximum absolute atomic E-state index is 8.75. The van der Waals surface area contributed by atoms with E-state index < -0.39 is 6.04 Å². The van der Waals surface area contributed by atoms with Crippen LogP contribution < -0.4 is 5.73 Å². The molecule has 0 aliphatic heterocycles. The number of rotatable bonds is 3. The van der Waals surface area contributed by atoms with E-state index in [9.17, 15) is 0 Å². The Balaban J connectivity index is 2.86. The van der Waals surface area contributed by atoms with E-state index in [4.69, 9.17) is 39.5 Å². The van der Waals surface area contributed by atoms with Crippen molar-refractivity contribution in [3.05, 3.63) is 33.8 Å². The van der Waals surface area contributed by atoms with Crippen molar-refractivity contribution in [2.24, 2.45) is 10.7 Å². The fraction of sp³-hybridized carbons (Fsp3) is 0.182. The van der Waals surface area contributed by atoms with Crippen LogP contribution >= 0.6 is 23.2 Å².